The van der Waals surface area contributed by atoms with Crippen LogP contribution in [0.1, 0.15) is 11.1 Å². The molecule has 0 radical (unpaired) electrons. The summed E-state index contributed by atoms with van der Waals surface area (Å²) in [5.74, 6) is -0.330. The Morgan fingerprint density at radius 2 is 1.89 bits per heavy atom. The van der Waals surface area contributed by atoms with E-state index in [0.29, 0.717) is 22.7 Å². The van der Waals surface area contributed by atoms with Crippen molar-refractivity contribution in [3.05, 3.63) is 64.4 Å². The van der Waals surface area contributed by atoms with Gasteiger partial charge in [-0.1, -0.05) is 17.7 Å². The Kier molecular flexibility index (Phi) is 3.81. The molecule has 0 saturated carbocycles. The van der Waals surface area contributed by atoms with E-state index in [-0.39, 0.29) is 5.82 Å². The third-order valence-electron chi connectivity index (χ3n) is 2.54. The number of rotatable bonds is 3. The fraction of sp³-hybridized carbons (Fsp3) is 0.0714. The fourth-order valence-electron chi connectivity index (χ4n) is 1.55. The molecule has 0 saturated heterocycles. The first-order chi connectivity index (χ1) is 8.70. The lowest BCUT2D eigenvalue weighted by molar-refractivity contribution is 0.613. The minimum atomic E-state index is -0.330. The first kappa shape index (κ1) is 12.4. The maximum atomic E-state index is 13.5. The summed E-state index contributed by atoms with van der Waals surface area (Å²) < 4.78 is 13.5. The Labute approximate surface area is 110 Å². The van der Waals surface area contributed by atoms with Gasteiger partial charge in [-0.25, -0.2) is 4.39 Å². The average molecular weight is 261 g/mol. The molecule has 18 heavy (non-hydrogen) atoms. The predicted molar refractivity (Wildman–Crippen MR) is 69.9 cm³/mol. The molecule has 0 spiro atoms. The minimum absolute atomic E-state index is 0.303. The van der Waals surface area contributed by atoms with Crippen molar-refractivity contribution in [3.63, 3.8) is 0 Å². The molecule has 0 aliphatic rings. The van der Waals surface area contributed by atoms with E-state index in [1.54, 1.807) is 36.4 Å². The lowest BCUT2D eigenvalue weighted by Gasteiger charge is -2.09. The van der Waals surface area contributed by atoms with Gasteiger partial charge in [0.2, 0.25) is 0 Å². The van der Waals surface area contributed by atoms with Gasteiger partial charge in [-0.2, -0.15) is 5.26 Å². The van der Waals surface area contributed by atoms with Gasteiger partial charge in [-0.05, 0) is 36.4 Å². The van der Waals surface area contributed by atoms with Crippen LogP contribution >= 0.6 is 11.6 Å². The van der Waals surface area contributed by atoms with Crippen molar-refractivity contribution in [2.45, 2.75) is 6.54 Å². The first-order valence-corrected chi connectivity index (χ1v) is 5.75. The van der Waals surface area contributed by atoms with Crippen LogP contribution in [-0.2, 0) is 6.54 Å². The van der Waals surface area contributed by atoms with Crippen molar-refractivity contribution in [2.75, 3.05) is 5.32 Å². The topological polar surface area (TPSA) is 35.8 Å². The van der Waals surface area contributed by atoms with Gasteiger partial charge in [-0.15, -0.1) is 0 Å². The highest BCUT2D eigenvalue weighted by Gasteiger charge is 2.06. The number of nitriles is 1. The van der Waals surface area contributed by atoms with E-state index in [0.717, 1.165) is 5.69 Å². The van der Waals surface area contributed by atoms with Gasteiger partial charge in [0.1, 0.15) is 5.82 Å². The summed E-state index contributed by atoms with van der Waals surface area (Å²) in [6.07, 6.45) is 0. The zero-order chi connectivity index (χ0) is 13.0. The number of anilines is 1. The van der Waals surface area contributed by atoms with Gasteiger partial charge in [0.25, 0.3) is 0 Å². The largest absolute Gasteiger partial charge is 0.381 e. The standard InChI is InChI=1S/C14H10ClFN2/c15-13-2-1-3-14(16)12(13)9-18-11-6-4-10(8-17)5-7-11/h1-7,18H,9H2. The maximum Gasteiger partial charge on any atom is 0.129 e. The van der Waals surface area contributed by atoms with Crippen molar-refractivity contribution in [1.29, 1.82) is 5.26 Å². The monoisotopic (exact) mass is 260 g/mol. The van der Waals surface area contributed by atoms with Crippen LogP contribution in [-0.4, -0.2) is 0 Å². The van der Waals surface area contributed by atoms with Gasteiger partial charge in [0.15, 0.2) is 0 Å². The summed E-state index contributed by atoms with van der Waals surface area (Å²) in [6.45, 7) is 0.303. The second-order valence-electron chi connectivity index (χ2n) is 3.74. The van der Waals surface area contributed by atoms with Crippen LogP contribution in [0.3, 0.4) is 0 Å². The van der Waals surface area contributed by atoms with Gasteiger partial charge in [0, 0.05) is 22.8 Å². The third-order valence-corrected chi connectivity index (χ3v) is 2.90. The van der Waals surface area contributed by atoms with Crippen LogP contribution in [0.25, 0.3) is 0 Å². The predicted octanol–water partition coefficient (Wildman–Crippen LogP) is 3.96. The molecular weight excluding hydrogens is 251 g/mol. The molecule has 90 valence electrons. The molecule has 2 nitrogen and oxygen atoms in total. The highest BCUT2D eigenvalue weighted by atomic mass is 35.5. The molecule has 1 N–H and O–H groups in total. The summed E-state index contributed by atoms with van der Waals surface area (Å²) in [6, 6.07) is 13.6. The number of halogens is 2. The Morgan fingerprint density at radius 3 is 2.50 bits per heavy atom. The van der Waals surface area contributed by atoms with Crippen LogP contribution < -0.4 is 5.32 Å². The first-order valence-electron chi connectivity index (χ1n) is 5.37. The summed E-state index contributed by atoms with van der Waals surface area (Å²) in [5, 5.41) is 12.1. The van der Waals surface area contributed by atoms with Crippen LogP contribution in [0.5, 0.6) is 0 Å². The molecule has 2 rings (SSSR count). The zero-order valence-corrected chi connectivity index (χ0v) is 10.2. The third kappa shape index (κ3) is 2.79. The van der Waals surface area contributed by atoms with Crippen LogP contribution in [0.2, 0.25) is 5.02 Å². The normalized spacial score (nSPS) is 9.83. The number of benzene rings is 2. The Bertz CT molecular complexity index is 567. The van der Waals surface area contributed by atoms with E-state index in [1.165, 1.54) is 6.07 Å². The molecular formula is C14H10ClFN2. The summed E-state index contributed by atoms with van der Waals surface area (Å²) in [4.78, 5) is 0. The van der Waals surface area contributed by atoms with E-state index in [1.807, 2.05) is 6.07 Å². The molecule has 0 aromatic heterocycles. The number of hydrogen-bond acceptors (Lipinski definition) is 2. The quantitative estimate of drug-likeness (QED) is 0.907. The molecule has 2 aromatic carbocycles. The molecule has 4 heteroatoms. The SMILES string of the molecule is N#Cc1ccc(NCc2c(F)cccc2Cl)cc1. The molecule has 0 aliphatic heterocycles. The molecule has 0 amide bonds. The van der Waals surface area contributed by atoms with E-state index >= 15 is 0 Å². The van der Waals surface area contributed by atoms with E-state index in [4.69, 9.17) is 16.9 Å². The van der Waals surface area contributed by atoms with Crippen molar-refractivity contribution in [3.8, 4) is 6.07 Å². The van der Waals surface area contributed by atoms with Gasteiger partial charge >= 0.3 is 0 Å². The number of nitrogens with one attached hydrogen (secondary N) is 1. The molecule has 0 unspecified atom stereocenters. The molecule has 0 aliphatic carbocycles. The van der Waals surface area contributed by atoms with Gasteiger partial charge in [-0.3, -0.25) is 0 Å². The van der Waals surface area contributed by atoms with Gasteiger partial charge < -0.3 is 5.32 Å². The Morgan fingerprint density at radius 1 is 1.17 bits per heavy atom. The lowest BCUT2D eigenvalue weighted by Crippen LogP contribution is -2.02. The fourth-order valence-corrected chi connectivity index (χ4v) is 1.78. The van der Waals surface area contributed by atoms with Gasteiger partial charge in [0.05, 0.1) is 11.6 Å². The summed E-state index contributed by atoms with van der Waals surface area (Å²) >= 11 is 5.92. The van der Waals surface area contributed by atoms with E-state index in [9.17, 15) is 4.39 Å². The van der Waals surface area contributed by atoms with E-state index in [2.05, 4.69) is 5.32 Å². The lowest BCUT2D eigenvalue weighted by atomic mass is 10.2. The molecule has 0 bridgehead atoms. The van der Waals surface area contributed by atoms with Crippen LogP contribution in [0.4, 0.5) is 10.1 Å². The smallest absolute Gasteiger partial charge is 0.129 e. The minimum Gasteiger partial charge on any atom is -0.381 e. The highest BCUT2D eigenvalue weighted by Crippen LogP contribution is 2.20. The number of nitrogens with zero attached hydrogens (tertiary/aromatic N) is 1. The molecule has 0 atom stereocenters. The van der Waals surface area contributed by atoms with Crippen LogP contribution in [0.15, 0.2) is 42.5 Å². The molecule has 0 heterocycles. The van der Waals surface area contributed by atoms with Crippen molar-refractivity contribution < 1.29 is 4.39 Å². The van der Waals surface area contributed by atoms with Crippen molar-refractivity contribution >= 4 is 17.3 Å². The maximum absolute atomic E-state index is 13.5. The summed E-state index contributed by atoms with van der Waals surface area (Å²) in [7, 11) is 0. The molecule has 0 fully saturated rings. The Hall–Kier alpha value is -2.05. The second-order valence-corrected chi connectivity index (χ2v) is 4.15. The molecule has 2 aromatic rings. The van der Waals surface area contributed by atoms with E-state index < -0.39 is 0 Å². The highest BCUT2D eigenvalue weighted by molar-refractivity contribution is 6.31. The average Bonchev–Trinajstić information content (AvgIpc) is 2.39. The summed E-state index contributed by atoms with van der Waals surface area (Å²) in [5.41, 5.74) is 1.83. The van der Waals surface area contributed by atoms with Crippen molar-refractivity contribution in [2.24, 2.45) is 0 Å². The second kappa shape index (κ2) is 5.52. The Balaban J connectivity index is 2.09. The number of hydrogen-bond donors (Lipinski definition) is 1. The van der Waals surface area contributed by atoms with Crippen LogP contribution in [0, 0.1) is 17.1 Å². The zero-order valence-electron chi connectivity index (χ0n) is 9.45. The van der Waals surface area contributed by atoms with Crippen molar-refractivity contribution in [1.82, 2.24) is 0 Å².